The molecule has 9 aliphatic carbocycles. The van der Waals surface area contributed by atoms with Gasteiger partial charge in [0.05, 0.1) is 100 Å². The third-order valence-electron chi connectivity index (χ3n) is 25.1. The molecule has 9 saturated carbocycles. The van der Waals surface area contributed by atoms with Crippen LogP contribution in [0, 0.1) is 47.3 Å². The number of hydrogen-bond donors (Lipinski definition) is 0. The van der Waals surface area contributed by atoms with Gasteiger partial charge in [-0.15, -0.1) is 0 Å². The minimum absolute atomic E-state index is 0. The fourth-order valence-electron chi connectivity index (χ4n) is 20.5. The first-order valence-corrected chi connectivity index (χ1v) is 51.1. The summed E-state index contributed by atoms with van der Waals surface area (Å²) in [6.45, 7) is 19.0. The summed E-state index contributed by atoms with van der Waals surface area (Å²) in [5.74, 6) is 0. The second-order valence-electron chi connectivity index (χ2n) is 31.7. The molecule has 4 nitrogen and oxygen atoms in total. The van der Waals surface area contributed by atoms with Crippen LogP contribution in [0.4, 0.5) is 0 Å². The molecule has 0 heterocycles. The van der Waals surface area contributed by atoms with Crippen molar-refractivity contribution in [3.63, 3.8) is 0 Å². The molecule has 0 saturated heterocycles. The van der Waals surface area contributed by atoms with Gasteiger partial charge in [-0.05, 0) is 280 Å². The average molecular weight is 1730 g/mol. The minimum Gasteiger partial charge on any atom is -0.748 e. The molecule has 0 bridgehead atoms. The van der Waals surface area contributed by atoms with Crippen LogP contribution in [0.2, 0.25) is 0 Å². The van der Waals surface area contributed by atoms with E-state index in [-0.39, 0.29) is 92.0 Å². The van der Waals surface area contributed by atoms with Crippen LogP contribution in [0.1, 0.15) is 295 Å². The number of benzene rings is 4. The molecule has 0 amide bonds. The zero-order chi connectivity index (χ0) is 73.5. The Kier molecular flexibility index (Phi) is 63.2. The monoisotopic (exact) mass is 1730 g/mol. The van der Waals surface area contributed by atoms with Gasteiger partial charge in [0.25, 0.3) is 0 Å². The smallest absolute Gasteiger partial charge is 0.0966 e. The molecule has 0 aromatic heterocycles. The molecule has 15 rings (SSSR count). The zero-order valence-corrected chi connectivity index (χ0v) is 75.1. The maximum atomic E-state index is 6.25. The fraction of sp³-hybridized carbons (Fsp3) is 0.600. The van der Waals surface area contributed by atoms with E-state index in [1.165, 1.54) is 90.9 Å². The van der Waals surface area contributed by atoms with Crippen molar-refractivity contribution in [2.24, 2.45) is 0 Å². The van der Waals surface area contributed by atoms with E-state index in [0.29, 0.717) is 0 Å². The van der Waals surface area contributed by atoms with Crippen LogP contribution in [-0.4, -0.2) is 63.3 Å². The number of nitrogens with zero attached hydrogens (tertiary/aromatic N) is 4. The molecule has 0 unspecified atom stereocenters. The first kappa shape index (κ1) is 102. The van der Waals surface area contributed by atoms with E-state index in [2.05, 4.69) is 121 Å². The Morgan fingerprint density at radius 1 is 0.231 bits per heavy atom. The van der Waals surface area contributed by atoms with Gasteiger partial charge in [-0.1, -0.05) is 131 Å². The molecule has 9 fully saturated rings. The summed E-state index contributed by atoms with van der Waals surface area (Å²) >= 11 is 0. The van der Waals surface area contributed by atoms with Gasteiger partial charge < -0.3 is 77.7 Å². The Bertz CT molecular complexity index is 2460. The van der Waals surface area contributed by atoms with Crippen molar-refractivity contribution in [2.75, 3.05) is 12.3 Å². The molecular formula is C95H140Cu2Fe2N4P5-5. The number of rotatable bonds is 17. The topological polar surface area (TPSA) is 95.2 Å². The minimum atomic E-state index is -0.742. The molecule has 0 atom stereocenters. The van der Waals surface area contributed by atoms with Gasteiger partial charge in [0.15, 0.2) is 0 Å². The summed E-state index contributed by atoms with van der Waals surface area (Å²) in [7, 11) is -1.62. The molecule has 608 valence electrons. The summed E-state index contributed by atoms with van der Waals surface area (Å²) in [6.07, 6.45) is 75.2. The van der Waals surface area contributed by atoms with Crippen LogP contribution >= 0.6 is 39.6 Å². The van der Waals surface area contributed by atoms with Gasteiger partial charge in [-0.25, -0.2) is 12.1 Å². The van der Waals surface area contributed by atoms with Gasteiger partial charge in [-0.3, -0.25) is 0 Å². The summed E-state index contributed by atoms with van der Waals surface area (Å²) in [5, 5.41) is 31.1. The van der Waals surface area contributed by atoms with Crippen molar-refractivity contribution in [3.8, 4) is 0 Å². The van der Waals surface area contributed by atoms with Crippen molar-refractivity contribution >= 4 is 60.8 Å². The van der Waals surface area contributed by atoms with Gasteiger partial charge >= 0.3 is 0 Å². The molecule has 108 heavy (non-hydrogen) atoms. The maximum absolute atomic E-state index is 6.25. The zero-order valence-electron chi connectivity index (χ0n) is 66.1. The van der Waals surface area contributed by atoms with Crippen molar-refractivity contribution < 1.29 is 68.3 Å². The summed E-state index contributed by atoms with van der Waals surface area (Å²) in [4.78, 5) is 0. The van der Waals surface area contributed by atoms with E-state index in [9.17, 15) is 0 Å². The van der Waals surface area contributed by atoms with E-state index < -0.39 is 15.8 Å². The van der Waals surface area contributed by atoms with Crippen molar-refractivity contribution in [3.05, 3.63) is 208 Å². The van der Waals surface area contributed by atoms with Gasteiger partial charge in [-0.2, -0.15) is 18.2 Å². The molecular weight excluding hydrogens is 1590 g/mol. The van der Waals surface area contributed by atoms with E-state index in [1.54, 1.807) is 289 Å². The quantitative estimate of drug-likeness (QED) is 0.0516. The number of hydrogen-bond acceptors (Lipinski definition) is 4. The first-order chi connectivity index (χ1) is 51.8. The largest absolute Gasteiger partial charge is 0.748 e. The van der Waals surface area contributed by atoms with E-state index in [0.717, 1.165) is 0 Å². The average Bonchev–Trinajstić information content (AvgIpc) is 1.32. The Labute approximate surface area is 710 Å². The molecule has 2 radical (unpaired) electrons. The van der Waals surface area contributed by atoms with Crippen molar-refractivity contribution in [1.82, 2.24) is 0 Å². The molecule has 13 heteroatoms. The second-order valence-corrected chi connectivity index (χ2v) is 47.3. The fourth-order valence-corrected chi connectivity index (χ4v) is 41.8. The van der Waals surface area contributed by atoms with Crippen LogP contribution in [0.5, 0.6) is 0 Å². The van der Waals surface area contributed by atoms with Gasteiger partial charge in [0.2, 0.25) is 0 Å². The van der Waals surface area contributed by atoms with E-state index in [4.69, 9.17) is 47.3 Å². The summed E-state index contributed by atoms with van der Waals surface area (Å²) in [5.41, 5.74) is 11.0. The molecule has 6 aromatic carbocycles. The Morgan fingerprint density at radius 2 is 0.380 bits per heavy atom. The molecule has 9 aliphatic rings. The Hall–Kier alpha value is -2.23. The van der Waals surface area contributed by atoms with Crippen molar-refractivity contribution in [1.29, 1.82) is 21.0 Å². The predicted octanol–water partition coefficient (Wildman–Crippen LogP) is 26.9. The standard InChI is InChI=1S/C27H26P2.3C18H33P.2C5H5.4CN.2Cu.2Fe/c1-5-14-24(15-6-1)28(25-16-7-2-8-17-25)22-13-23-29(26-18-9-3-10-19-26)27-20-11-4-12-21-27;3*1-4-10-16(11-5-1)19(17-12-6-2-7-13-17)18-14-8-3-9-15-18;2*1-2-4-5-3-1;4*1-2;;;;/h1-12,14-21H,13,22-23H2;3*16-18H,1-15H2;2*1-5H;;;;;;;;/q;;;;-5;5*-1;;;;/p+5. The van der Waals surface area contributed by atoms with Crippen LogP contribution in [-0.2, 0) is 68.3 Å². The Balaban J connectivity index is 0.000000453. The third kappa shape index (κ3) is 38.0. The van der Waals surface area contributed by atoms with E-state index >= 15 is 0 Å². The normalized spacial score (nSPS) is 19.0. The third-order valence-corrected chi connectivity index (χ3v) is 44.7. The molecule has 0 spiro atoms. The SMILES string of the molecule is C1CCC([PH+](C2CCCCC2)C2CCCCC2)CC1.C1CCC([PH+](C2CCCCC2)C2CCCCC2)CC1.C1CCC([PH+](C2CCCCC2)C2CCCCC2)CC1.[C-]#N.[C-]#N.[C-]#N.[C-]#N.[Cu].[Cu].[Fe].[Fe].[cH-]1[cH-][cH-][cH-][cH-]1.c1cc[cH-]c1.c1ccc([PH+](CCC[PH+](c2ccccc2)c2ccccc2)c2ccccc2)cc1. The van der Waals surface area contributed by atoms with Gasteiger partial charge in [0.1, 0.15) is 0 Å². The van der Waals surface area contributed by atoms with Crippen LogP contribution < -0.4 is 21.2 Å². The summed E-state index contributed by atoms with van der Waals surface area (Å²) < 4.78 is 0. The first-order valence-electron chi connectivity index (χ1n) is 42.5. The second kappa shape index (κ2) is 67.0. The van der Waals surface area contributed by atoms with Crippen LogP contribution in [0.15, 0.2) is 182 Å². The van der Waals surface area contributed by atoms with Crippen LogP contribution in [0.25, 0.3) is 0 Å². The van der Waals surface area contributed by atoms with E-state index in [1.807, 2.05) is 60.7 Å². The molecule has 0 N–H and O–H groups in total. The Morgan fingerprint density at radius 3 is 0.509 bits per heavy atom. The van der Waals surface area contributed by atoms with Crippen molar-refractivity contribution in [2.45, 2.75) is 346 Å². The van der Waals surface area contributed by atoms with Gasteiger partial charge in [0, 0.05) is 98.5 Å². The predicted molar refractivity (Wildman–Crippen MR) is 466 cm³/mol. The van der Waals surface area contributed by atoms with Crippen LogP contribution in [0.3, 0.4) is 0 Å². The molecule has 0 aliphatic heterocycles. The molecule has 6 aromatic rings. The maximum Gasteiger partial charge on any atom is 0.0966 e. The summed E-state index contributed by atoms with van der Waals surface area (Å²) in [6, 6.07) is 64.6.